The van der Waals surface area contributed by atoms with E-state index in [0.717, 1.165) is 30.7 Å². The normalized spacial score (nSPS) is 10.8. The molecule has 0 saturated carbocycles. The molecule has 0 aliphatic carbocycles. The van der Waals surface area contributed by atoms with Crippen LogP contribution in [0.15, 0.2) is 117 Å². The van der Waals surface area contributed by atoms with Crippen molar-refractivity contribution in [3.8, 4) is 11.1 Å². The maximum atomic E-state index is 13.0. The minimum Gasteiger partial charge on any atom is -0.207 e. The van der Waals surface area contributed by atoms with Crippen molar-refractivity contribution in [1.29, 1.82) is 0 Å². The molecule has 4 heteroatoms. The summed E-state index contributed by atoms with van der Waals surface area (Å²) in [5, 5.41) is 0. The topological polar surface area (TPSA) is 0 Å². The van der Waals surface area contributed by atoms with E-state index in [-0.39, 0.29) is 11.6 Å². The van der Waals surface area contributed by atoms with Crippen molar-refractivity contribution < 1.29 is 8.78 Å². The molecule has 0 nitrogen and oxygen atoms in total. The molecule has 0 aromatic heterocycles. The van der Waals surface area contributed by atoms with Gasteiger partial charge in [-0.25, -0.2) is 8.78 Å². The lowest BCUT2D eigenvalue weighted by atomic mass is 10.1. The van der Waals surface area contributed by atoms with Crippen LogP contribution >= 0.6 is 23.5 Å². The smallest absolute Gasteiger partial charge is 0.123 e. The van der Waals surface area contributed by atoms with Gasteiger partial charge in [0.1, 0.15) is 11.6 Å². The molecule has 0 N–H and O–H groups in total. The van der Waals surface area contributed by atoms with Crippen molar-refractivity contribution in [2.45, 2.75) is 19.6 Å². The highest BCUT2D eigenvalue weighted by Crippen LogP contribution is 2.32. The summed E-state index contributed by atoms with van der Waals surface area (Å²) in [6, 6.07) is 29.7. The first-order valence-electron chi connectivity index (χ1n) is 8.73. The van der Waals surface area contributed by atoms with Crippen LogP contribution in [0.25, 0.3) is 11.1 Å². The summed E-state index contributed by atoms with van der Waals surface area (Å²) in [7, 11) is 0. The molecule has 138 valence electrons. The minimum atomic E-state index is -0.222. The van der Waals surface area contributed by atoms with Crippen LogP contribution in [0, 0.1) is 11.6 Å². The van der Waals surface area contributed by atoms with E-state index in [4.69, 9.17) is 0 Å². The largest absolute Gasteiger partial charge is 0.207 e. The fourth-order valence-corrected chi connectivity index (χ4v) is 4.34. The second-order valence-corrected chi connectivity index (χ2v) is 8.45. The van der Waals surface area contributed by atoms with E-state index in [2.05, 4.69) is 48.5 Å². The molecule has 4 aromatic rings. The standard InChI is InChI=1S/C24H16F2S2/c25-19-5-13-23(14-6-19)27-21-9-1-17(2-10-21)18-3-11-22(12-4-18)28-24-15-7-20(26)8-16-24/h1-16H. The quantitative estimate of drug-likeness (QED) is 0.330. The van der Waals surface area contributed by atoms with Crippen molar-refractivity contribution in [2.24, 2.45) is 0 Å². The summed E-state index contributed by atoms with van der Waals surface area (Å²) in [5.74, 6) is -0.443. The molecule has 0 unspecified atom stereocenters. The second kappa shape index (κ2) is 8.63. The van der Waals surface area contributed by atoms with E-state index in [1.54, 1.807) is 47.8 Å². The number of hydrogen-bond donors (Lipinski definition) is 0. The molecular weight excluding hydrogens is 390 g/mol. The Bertz CT molecular complexity index is 951. The monoisotopic (exact) mass is 406 g/mol. The van der Waals surface area contributed by atoms with Crippen molar-refractivity contribution in [2.75, 3.05) is 0 Å². The Morgan fingerprint density at radius 3 is 0.893 bits per heavy atom. The Morgan fingerprint density at radius 1 is 0.357 bits per heavy atom. The molecular formula is C24H16F2S2. The Morgan fingerprint density at radius 2 is 0.607 bits per heavy atom. The minimum absolute atomic E-state index is 0.222. The molecule has 0 heterocycles. The molecule has 0 fully saturated rings. The zero-order valence-corrected chi connectivity index (χ0v) is 16.4. The zero-order valence-electron chi connectivity index (χ0n) is 14.8. The lowest BCUT2D eigenvalue weighted by Crippen LogP contribution is -1.80. The second-order valence-electron chi connectivity index (χ2n) is 6.16. The molecule has 0 amide bonds. The lowest BCUT2D eigenvalue weighted by molar-refractivity contribution is 0.626. The van der Waals surface area contributed by atoms with Gasteiger partial charge in [0.2, 0.25) is 0 Å². The predicted octanol–water partition coefficient (Wildman–Crippen LogP) is 7.93. The fraction of sp³-hybridized carbons (Fsp3) is 0. The Balaban J connectivity index is 1.43. The number of halogens is 2. The molecule has 28 heavy (non-hydrogen) atoms. The Hall–Kier alpha value is -2.56. The summed E-state index contributed by atoms with van der Waals surface area (Å²) in [6.45, 7) is 0. The zero-order chi connectivity index (χ0) is 19.3. The number of benzene rings is 4. The van der Waals surface area contributed by atoms with E-state index in [1.165, 1.54) is 24.3 Å². The van der Waals surface area contributed by atoms with E-state index in [1.807, 2.05) is 0 Å². The summed E-state index contributed by atoms with van der Waals surface area (Å²) >= 11 is 3.22. The van der Waals surface area contributed by atoms with Crippen LogP contribution in [0.3, 0.4) is 0 Å². The van der Waals surface area contributed by atoms with Gasteiger partial charge >= 0.3 is 0 Å². The third-order valence-corrected chi connectivity index (χ3v) is 6.17. The maximum absolute atomic E-state index is 13.0. The van der Waals surface area contributed by atoms with Gasteiger partial charge in [0.15, 0.2) is 0 Å². The first-order chi connectivity index (χ1) is 13.7. The lowest BCUT2D eigenvalue weighted by Gasteiger charge is -2.07. The highest BCUT2D eigenvalue weighted by Gasteiger charge is 2.03. The van der Waals surface area contributed by atoms with Crippen molar-refractivity contribution in [3.05, 3.63) is 109 Å². The summed E-state index contributed by atoms with van der Waals surface area (Å²) in [5.41, 5.74) is 2.28. The van der Waals surface area contributed by atoms with Gasteiger partial charge in [-0.2, -0.15) is 0 Å². The van der Waals surface area contributed by atoms with Crippen LogP contribution < -0.4 is 0 Å². The predicted molar refractivity (Wildman–Crippen MR) is 113 cm³/mol. The highest BCUT2D eigenvalue weighted by atomic mass is 32.2. The van der Waals surface area contributed by atoms with Gasteiger partial charge < -0.3 is 0 Å². The van der Waals surface area contributed by atoms with Gasteiger partial charge in [0, 0.05) is 19.6 Å². The molecule has 0 radical (unpaired) electrons. The van der Waals surface area contributed by atoms with E-state index in [9.17, 15) is 8.78 Å². The van der Waals surface area contributed by atoms with Crippen LogP contribution in [-0.2, 0) is 0 Å². The van der Waals surface area contributed by atoms with Crippen molar-refractivity contribution >= 4 is 23.5 Å². The molecule has 0 bridgehead atoms. The highest BCUT2D eigenvalue weighted by molar-refractivity contribution is 7.99. The number of hydrogen-bond acceptors (Lipinski definition) is 2. The van der Waals surface area contributed by atoms with E-state index < -0.39 is 0 Å². The molecule has 0 spiro atoms. The van der Waals surface area contributed by atoms with Crippen LogP contribution in [0.5, 0.6) is 0 Å². The first-order valence-corrected chi connectivity index (χ1v) is 10.4. The Labute approximate surface area is 171 Å². The maximum Gasteiger partial charge on any atom is 0.123 e. The molecule has 4 aromatic carbocycles. The summed E-state index contributed by atoms with van der Waals surface area (Å²) in [4.78, 5) is 4.24. The van der Waals surface area contributed by atoms with Crippen LogP contribution in [-0.4, -0.2) is 0 Å². The molecule has 0 saturated heterocycles. The van der Waals surface area contributed by atoms with Gasteiger partial charge in [-0.05, 0) is 83.9 Å². The van der Waals surface area contributed by atoms with Gasteiger partial charge in [-0.1, -0.05) is 47.8 Å². The summed E-state index contributed by atoms with van der Waals surface area (Å²) < 4.78 is 26.0. The van der Waals surface area contributed by atoms with Gasteiger partial charge in [-0.15, -0.1) is 0 Å². The van der Waals surface area contributed by atoms with Crippen molar-refractivity contribution in [3.63, 3.8) is 0 Å². The van der Waals surface area contributed by atoms with Crippen LogP contribution in [0.1, 0.15) is 0 Å². The van der Waals surface area contributed by atoms with Gasteiger partial charge in [0.05, 0.1) is 0 Å². The first kappa shape index (κ1) is 18.8. The fourth-order valence-electron chi connectivity index (χ4n) is 2.71. The number of rotatable bonds is 5. The average molecular weight is 407 g/mol. The van der Waals surface area contributed by atoms with E-state index >= 15 is 0 Å². The molecule has 0 aliphatic heterocycles. The third kappa shape index (κ3) is 4.83. The molecule has 0 atom stereocenters. The Kier molecular flexibility index (Phi) is 5.79. The van der Waals surface area contributed by atoms with E-state index in [0.29, 0.717) is 0 Å². The molecule has 4 rings (SSSR count). The van der Waals surface area contributed by atoms with Gasteiger partial charge in [0.25, 0.3) is 0 Å². The summed E-state index contributed by atoms with van der Waals surface area (Å²) in [6.07, 6.45) is 0. The van der Waals surface area contributed by atoms with Crippen molar-refractivity contribution in [1.82, 2.24) is 0 Å². The van der Waals surface area contributed by atoms with Crippen LogP contribution in [0.2, 0.25) is 0 Å². The third-order valence-electron chi connectivity index (χ3n) is 4.14. The molecule has 0 aliphatic rings. The average Bonchev–Trinajstić information content (AvgIpc) is 2.73. The SMILES string of the molecule is Fc1ccc(Sc2ccc(-c3ccc(Sc4ccc(F)cc4)cc3)cc2)cc1. The van der Waals surface area contributed by atoms with Gasteiger partial charge in [-0.3, -0.25) is 0 Å². The van der Waals surface area contributed by atoms with Crippen LogP contribution in [0.4, 0.5) is 8.78 Å².